The first-order chi connectivity index (χ1) is 14.1. The van der Waals surface area contributed by atoms with Crippen molar-refractivity contribution in [2.75, 3.05) is 11.9 Å². The van der Waals surface area contributed by atoms with Crippen LogP contribution in [0, 0.1) is 5.82 Å². The SMILES string of the molecule is O=C1C[C@@H](c2cc(=O)[nH]c(NCc3ccc(F)cc3)n2)CN1Cc1ccccn1. The van der Waals surface area contributed by atoms with Crippen molar-refractivity contribution in [1.82, 2.24) is 19.9 Å². The van der Waals surface area contributed by atoms with Crippen LogP contribution in [0.25, 0.3) is 0 Å². The molecule has 0 bridgehead atoms. The number of nitrogens with zero attached hydrogens (tertiary/aromatic N) is 3. The van der Waals surface area contributed by atoms with Crippen LogP contribution in [0.3, 0.4) is 0 Å². The van der Waals surface area contributed by atoms with Gasteiger partial charge in [0, 0.05) is 37.7 Å². The van der Waals surface area contributed by atoms with Gasteiger partial charge in [-0.1, -0.05) is 18.2 Å². The zero-order chi connectivity index (χ0) is 20.2. The standard InChI is InChI=1S/C21H20FN5O2/c22-16-6-4-14(5-7-16)11-24-21-25-18(10-19(28)26-21)15-9-20(29)27(12-15)13-17-3-1-2-8-23-17/h1-8,10,15H,9,11-13H2,(H2,24,25,26,28)/t15-/m1/s1. The fourth-order valence-electron chi connectivity index (χ4n) is 3.37. The normalized spacial score (nSPS) is 16.2. The summed E-state index contributed by atoms with van der Waals surface area (Å²) in [5, 5.41) is 3.05. The van der Waals surface area contributed by atoms with Crippen molar-refractivity contribution in [3.05, 3.63) is 87.9 Å². The lowest BCUT2D eigenvalue weighted by Crippen LogP contribution is -2.25. The molecule has 1 aromatic carbocycles. The zero-order valence-electron chi connectivity index (χ0n) is 15.6. The molecule has 29 heavy (non-hydrogen) atoms. The Bertz CT molecular complexity index is 1050. The molecule has 148 valence electrons. The topological polar surface area (TPSA) is 91.0 Å². The van der Waals surface area contributed by atoms with Gasteiger partial charge < -0.3 is 10.2 Å². The number of benzene rings is 1. The number of amides is 1. The van der Waals surface area contributed by atoms with Gasteiger partial charge in [0.05, 0.1) is 17.9 Å². The highest BCUT2D eigenvalue weighted by atomic mass is 19.1. The molecule has 1 amide bonds. The van der Waals surface area contributed by atoms with E-state index in [1.165, 1.54) is 18.2 Å². The molecule has 1 atom stereocenters. The maximum absolute atomic E-state index is 13.0. The maximum atomic E-state index is 13.0. The average Bonchev–Trinajstić information content (AvgIpc) is 3.08. The van der Waals surface area contributed by atoms with Gasteiger partial charge in [-0.15, -0.1) is 0 Å². The van der Waals surface area contributed by atoms with E-state index in [9.17, 15) is 14.0 Å². The number of pyridine rings is 1. The summed E-state index contributed by atoms with van der Waals surface area (Å²) in [6.45, 7) is 1.32. The van der Waals surface area contributed by atoms with Gasteiger partial charge in [0.15, 0.2) is 0 Å². The van der Waals surface area contributed by atoms with Gasteiger partial charge in [-0.25, -0.2) is 9.37 Å². The molecule has 4 rings (SSSR count). The summed E-state index contributed by atoms with van der Waals surface area (Å²) in [5.74, 6) is -0.112. The Morgan fingerprint density at radius 1 is 1.17 bits per heavy atom. The first kappa shape index (κ1) is 18.8. The molecule has 1 saturated heterocycles. The second kappa shape index (κ2) is 8.22. The van der Waals surface area contributed by atoms with Crippen LogP contribution >= 0.6 is 0 Å². The third-order valence-corrected chi connectivity index (χ3v) is 4.85. The van der Waals surface area contributed by atoms with E-state index in [4.69, 9.17) is 0 Å². The Labute approximate surface area is 166 Å². The number of H-pyrrole nitrogens is 1. The lowest BCUT2D eigenvalue weighted by atomic mass is 10.0. The molecular formula is C21H20FN5O2. The molecule has 0 saturated carbocycles. The Balaban J connectivity index is 1.45. The summed E-state index contributed by atoms with van der Waals surface area (Å²) in [6.07, 6.45) is 2.01. The second-order valence-electron chi connectivity index (χ2n) is 7.00. The Morgan fingerprint density at radius 2 is 2.00 bits per heavy atom. The van der Waals surface area contributed by atoms with Crippen LogP contribution < -0.4 is 10.9 Å². The fourth-order valence-corrected chi connectivity index (χ4v) is 3.37. The third kappa shape index (κ3) is 4.66. The minimum atomic E-state index is -0.302. The first-order valence-electron chi connectivity index (χ1n) is 9.34. The minimum Gasteiger partial charge on any atom is -0.352 e. The summed E-state index contributed by atoms with van der Waals surface area (Å²) in [7, 11) is 0. The predicted octanol–water partition coefficient (Wildman–Crippen LogP) is 2.43. The van der Waals surface area contributed by atoms with Crippen LogP contribution in [0.2, 0.25) is 0 Å². The summed E-state index contributed by atoms with van der Waals surface area (Å²) in [5.41, 5.74) is 1.97. The van der Waals surface area contributed by atoms with E-state index in [0.29, 0.717) is 37.7 Å². The van der Waals surface area contributed by atoms with Crippen LogP contribution in [-0.4, -0.2) is 32.3 Å². The van der Waals surface area contributed by atoms with E-state index in [1.54, 1.807) is 23.2 Å². The number of carbonyl (C=O) groups is 1. The lowest BCUT2D eigenvalue weighted by molar-refractivity contribution is -0.128. The summed E-state index contributed by atoms with van der Waals surface area (Å²) in [6, 6.07) is 13.1. The highest BCUT2D eigenvalue weighted by molar-refractivity contribution is 5.79. The Hall–Kier alpha value is -3.55. The van der Waals surface area contributed by atoms with E-state index < -0.39 is 0 Å². The van der Waals surface area contributed by atoms with Crippen LogP contribution in [0.5, 0.6) is 0 Å². The van der Waals surface area contributed by atoms with Crippen molar-refractivity contribution in [2.45, 2.75) is 25.4 Å². The molecule has 1 aliphatic heterocycles. The van der Waals surface area contributed by atoms with Gasteiger partial charge in [0.1, 0.15) is 5.82 Å². The van der Waals surface area contributed by atoms with Gasteiger partial charge in [-0.3, -0.25) is 19.6 Å². The number of halogens is 1. The van der Waals surface area contributed by atoms with Crippen molar-refractivity contribution < 1.29 is 9.18 Å². The molecule has 2 N–H and O–H groups in total. The number of rotatable bonds is 6. The number of likely N-dealkylation sites (tertiary alicyclic amines) is 1. The number of nitrogens with one attached hydrogen (secondary N) is 2. The number of hydrogen-bond acceptors (Lipinski definition) is 5. The second-order valence-corrected chi connectivity index (χ2v) is 7.00. The lowest BCUT2D eigenvalue weighted by Gasteiger charge is -2.16. The minimum absolute atomic E-state index is 0.0172. The maximum Gasteiger partial charge on any atom is 0.252 e. The highest BCUT2D eigenvalue weighted by Crippen LogP contribution is 2.27. The van der Waals surface area contributed by atoms with Crippen LogP contribution in [0.4, 0.5) is 10.3 Å². The van der Waals surface area contributed by atoms with Crippen molar-refractivity contribution in [2.24, 2.45) is 0 Å². The molecule has 8 heteroatoms. The zero-order valence-corrected chi connectivity index (χ0v) is 15.6. The third-order valence-electron chi connectivity index (χ3n) is 4.85. The van der Waals surface area contributed by atoms with Crippen LogP contribution in [-0.2, 0) is 17.9 Å². The van der Waals surface area contributed by atoms with Gasteiger partial charge in [0.25, 0.3) is 5.56 Å². The summed E-state index contributed by atoms with van der Waals surface area (Å²) in [4.78, 5) is 37.6. The van der Waals surface area contributed by atoms with Crippen molar-refractivity contribution in [1.29, 1.82) is 0 Å². The van der Waals surface area contributed by atoms with Crippen molar-refractivity contribution in [3.63, 3.8) is 0 Å². The summed E-state index contributed by atoms with van der Waals surface area (Å²) < 4.78 is 13.0. The van der Waals surface area contributed by atoms with E-state index in [0.717, 1.165) is 11.3 Å². The van der Waals surface area contributed by atoms with Crippen LogP contribution in [0.15, 0.2) is 59.5 Å². The fraction of sp³-hybridized carbons (Fsp3) is 0.238. The largest absolute Gasteiger partial charge is 0.352 e. The molecular weight excluding hydrogens is 373 g/mol. The quantitative estimate of drug-likeness (QED) is 0.671. The highest BCUT2D eigenvalue weighted by Gasteiger charge is 2.32. The number of aromatic amines is 1. The molecule has 0 radical (unpaired) electrons. The van der Waals surface area contributed by atoms with Crippen molar-refractivity contribution in [3.8, 4) is 0 Å². The Kier molecular flexibility index (Phi) is 5.33. The molecule has 7 nitrogen and oxygen atoms in total. The van der Waals surface area contributed by atoms with E-state index in [-0.39, 0.29) is 23.2 Å². The van der Waals surface area contributed by atoms with Crippen molar-refractivity contribution >= 4 is 11.9 Å². The average molecular weight is 393 g/mol. The van der Waals surface area contributed by atoms with E-state index in [2.05, 4.69) is 20.3 Å². The van der Waals surface area contributed by atoms with Gasteiger partial charge in [0.2, 0.25) is 11.9 Å². The number of hydrogen-bond donors (Lipinski definition) is 2. The number of carbonyl (C=O) groups excluding carboxylic acids is 1. The molecule has 3 heterocycles. The molecule has 3 aromatic rings. The van der Waals surface area contributed by atoms with E-state index >= 15 is 0 Å². The predicted molar refractivity (Wildman–Crippen MR) is 106 cm³/mol. The van der Waals surface area contributed by atoms with Crippen LogP contribution in [0.1, 0.15) is 29.3 Å². The molecule has 0 unspecified atom stereocenters. The molecule has 1 aliphatic rings. The number of aromatic nitrogens is 3. The van der Waals surface area contributed by atoms with Gasteiger partial charge in [-0.2, -0.15) is 0 Å². The Morgan fingerprint density at radius 3 is 2.76 bits per heavy atom. The molecule has 1 fully saturated rings. The monoisotopic (exact) mass is 393 g/mol. The van der Waals surface area contributed by atoms with E-state index in [1.807, 2.05) is 18.2 Å². The van der Waals surface area contributed by atoms with Gasteiger partial charge in [-0.05, 0) is 29.8 Å². The molecule has 0 spiro atoms. The molecule has 0 aliphatic carbocycles. The smallest absolute Gasteiger partial charge is 0.252 e. The molecule has 2 aromatic heterocycles. The first-order valence-corrected chi connectivity index (χ1v) is 9.34. The van der Waals surface area contributed by atoms with Gasteiger partial charge >= 0.3 is 0 Å². The number of anilines is 1. The summed E-state index contributed by atoms with van der Waals surface area (Å²) >= 11 is 0.